The highest BCUT2D eigenvalue weighted by molar-refractivity contribution is 7.98. The molecule has 0 saturated heterocycles. The van der Waals surface area contributed by atoms with E-state index in [0.717, 1.165) is 19.0 Å². The van der Waals surface area contributed by atoms with Gasteiger partial charge in [0.15, 0.2) is 0 Å². The van der Waals surface area contributed by atoms with Crippen molar-refractivity contribution in [1.82, 2.24) is 4.90 Å². The zero-order chi connectivity index (χ0) is 15.0. The van der Waals surface area contributed by atoms with Crippen LogP contribution in [0, 0.1) is 5.92 Å². The summed E-state index contributed by atoms with van der Waals surface area (Å²) in [6, 6.07) is 9.22. The van der Waals surface area contributed by atoms with E-state index in [0.29, 0.717) is 12.6 Å². The quantitative estimate of drug-likeness (QED) is 0.693. The SMILES string of the molecule is CCC(CC)CN(CC)C(CN)c1ccc(SC)cc1. The fraction of sp³-hybridized carbons (Fsp3) is 0.647. The van der Waals surface area contributed by atoms with Gasteiger partial charge in [0.25, 0.3) is 0 Å². The van der Waals surface area contributed by atoms with Crippen LogP contribution in [0.4, 0.5) is 0 Å². The second kappa shape index (κ2) is 9.43. The normalized spacial score (nSPS) is 13.2. The molecule has 0 aliphatic rings. The molecule has 20 heavy (non-hydrogen) atoms. The van der Waals surface area contributed by atoms with Gasteiger partial charge in [0.1, 0.15) is 0 Å². The maximum absolute atomic E-state index is 6.06. The number of hydrogen-bond donors (Lipinski definition) is 1. The number of likely N-dealkylation sites (N-methyl/N-ethyl adjacent to an activating group) is 1. The Labute approximate surface area is 129 Å². The Bertz CT molecular complexity index is 360. The van der Waals surface area contributed by atoms with E-state index in [9.17, 15) is 0 Å². The van der Waals surface area contributed by atoms with Crippen molar-refractivity contribution < 1.29 is 0 Å². The van der Waals surface area contributed by atoms with Crippen LogP contribution in [-0.4, -0.2) is 30.8 Å². The second-order valence-electron chi connectivity index (χ2n) is 5.29. The molecule has 2 nitrogen and oxygen atoms in total. The Morgan fingerprint density at radius 2 is 1.70 bits per heavy atom. The van der Waals surface area contributed by atoms with Crippen LogP contribution in [0.25, 0.3) is 0 Å². The summed E-state index contributed by atoms with van der Waals surface area (Å²) in [6.07, 6.45) is 4.60. The molecule has 114 valence electrons. The minimum Gasteiger partial charge on any atom is -0.329 e. The number of thioether (sulfide) groups is 1. The molecule has 0 heterocycles. The van der Waals surface area contributed by atoms with Crippen LogP contribution < -0.4 is 5.73 Å². The van der Waals surface area contributed by atoms with Gasteiger partial charge in [-0.1, -0.05) is 45.7 Å². The van der Waals surface area contributed by atoms with Gasteiger partial charge < -0.3 is 5.73 Å². The molecule has 1 atom stereocenters. The lowest BCUT2D eigenvalue weighted by atomic mass is 9.99. The lowest BCUT2D eigenvalue weighted by molar-refractivity contribution is 0.174. The average Bonchev–Trinajstić information content (AvgIpc) is 2.51. The molecular weight excluding hydrogens is 264 g/mol. The molecule has 1 aromatic carbocycles. The van der Waals surface area contributed by atoms with Crippen molar-refractivity contribution in [2.75, 3.05) is 25.9 Å². The van der Waals surface area contributed by atoms with Gasteiger partial charge >= 0.3 is 0 Å². The molecule has 0 saturated carbocycles. The maximum Gasteiger partial charge on any atom is 0.0470 e. The summed E-state index contributed by atoms with van der Waals surface area (Å²) in [5.74, 6) is 0.773. The molecule has 0 amide bonds. The molecule has 0 spiro atoms. The molecule has 0 fully saturated rings. The number of benzene rings is 1. The lowest BCUT2D eigenvalue weighted by Crippen LogP contribution is -2.37. The van der Waals surface area contributed by atoms with Crippen molar-refractivity contribution in [3.8, 4) is 0 Å². The molecule has 2 N–H and O–H groups in total. The van der Waals surface area contributed by atoms with Crippen molar-refractivity contribution in [3.63, 3.8) is 0 Å². The van der Waals surface area contributed by atoms with Gasteiger partial charge in [0, 0.05) is 24.0 Å². The van der Waals surface area contributed by atoms with Crippen LogP contribution in [0.2, 0.25) is 0 Å². The Hall–Kier alpha value is -0.510. The summed E-state index contributed by atoms with van der Waals surface area (Å²) < 4.78 is 0. The van der Waals surface area contributed by atoms with Gasteiger partial charge in [-0.2, -0.15) is 0 Å². The Morgan fingerprint density at radius 3 is 2.10 bits per heavy atom. The van der Waals surface area contributed by atoms with Crippen molar-refractivity contribution in [3.05, 3.63) is 29.8 Å². The smallest absolute Gasteiger partial charge is 0.0470 e. The molecule has 1 aromatic rings. The number of rotatable bonds is 9. The highest BCUT2D eigenvalue weighted by Gasteiger charge is 2.20. The fourth-order valence-corrected chi connectivity index (χ4v) is 3.09. The molecule has 0 radical (unpaired) electrons. The van der Waals surface area contributed by atoms with Crippen LogP contribution in [0.1, 0.15) is 45.2 Å². The highest BCUT2D eigenvalue weighted by atomic mass is 32.2. The first kappa shape index (κ1) is 17.5. The van der Waals surface area contributed by atoms with Gasteiger partial charge in [-0.15, -0.1) is 11.8 Å². The average molecular weight is 295 g/mol. The summed E-state index contributed by atoms with van der Waals surface area (Å²) in [6.45, 7) is 9.70. The molecule has 3 heteroatoms. The summed E-state index contributed by atoms with van der Waals surface area (Å²) in [4.78, 5) is 3.85. The van der Waals surface area contributed by atoms with Gasteiger partial charge in [-0.3, -0.25) is 4.90 Å². The van der Waals surface area contributed by atoms with E-state index in [4.69, 9.17) is 5.73 Å². The maximum atomic E-state index is 6.06. The van der Waals surface area contributed by atoms with Crippen molar-refractivity contribution in [2.24, 2.45) is 11.7 Å². The molecule has 0 aliphatic carbocycles. The van der Waals surface area contributed by atoms with Gasteiger partial charge in [0.05, 0.1) is 0 Å². The van der Waals surface area contributed by atoms with E-state index < -0.39 is 0 Å². The third kappa shape index (κ3) is 4.80. The van der Waals surface area contributed by atoms with Crippen LogP contribution in [-0.2, 0) is 0 Å². The monoisotopic (exact) mass is 294 g/mol. The Kier molecular flexibility index (Phi) is 8.27. The largest absolute Gasteiger partial charge is 0.329 e. The zero-order valence-electron chi connectivity index (χ0n) is 13.4. The molecule has 0 aliphatic heterocycles. The van der Waals surface area contributed by atoms with Gasteiger partial charge in [0.2, 0.25) is 0 Å². The predicted molar refractivity (Wildman–Crippen MR) is 91.3 cm³/mol. The minimum atomic E-state index is 0.344. The van der Waals surface area contributed by atoms with Gasteiger partial charge in [-0.05, 0) is 36.4 Å². The predicted octanol–water partition coefficient (Wildman–Crippen LogP) is 4.17. The van der Waals surface area contributed by atoms with Crippen LogP contribution in [0.5, 0.6) is 0 Å². The first-order valence-corrected chi connectivity index (χ1v) is 9.00. The second-order valence-corrected chi connectivity index (χ2v) is 6.17. The van der Waals surface area contributed by atoms with Crippen molar-refractivity contribution in [2.45, 2.75) is 44.6 Å². The summed E-state index contributed by atoms with van der Waals surface area (Å²) in [5.41, 5.74) is 7.41. The van der Waals surface area contributed by atoms with E-state index in [2.05, 4.69) is 56.2 Å². The molecule has 1 rings (SSSR count). The molecule has 0 bridgehead atoms. The topological polar surface area (TPSA) is 29.3 Å². The third-order valence-corrected chi connectivity index (χ3v) is 4.96. The Morgan fingerprint density at radius 1 is 1.10 bits per heavy atom. The molecule has 0 aromatic heterocycles. The van der Waals surface area contributed by atoms with E-state index in [1.165, 1.54) is 23.3 Å². The number of nitrogens with two attached hydrogens (primary N) is 1. The zero-order valence-corrected chi connectivity index (χ0v) is 14.2. The van der Waals surface area contributed by atoms with Crippen molar-refractivity contribution >= 4 is 11.8 Å². The van der Waals surface area contributed by atoms with Crippen LogP contribution in [0.3, 0.4) is 0 Å². The van der Waals surface area contributed by atoms with Gasteiger partial charge in [-0.25, -0.2) is 0 Å². The minimum absolute atomic E-state index is 0.344. The van der Waals surface area contributed by atoms with E-state index in [-0.39, 0.29) is 0 Å². The van der Waals surface area contributed by atoms with Crippen LogP contribution >= 0.6 is 11.8 Å². The number of hydrogen-bond acceptors (Lipinski definition) is 3. The Balaban J connectivity index is 2.84. The third-order valence-electron chi connectivity index (χ3n) is 4.22. The molecular formula is C17H30N2S. The van der Waals surface area contributed by atoms with E-state index in [1.807, 2.05) is 0 Å². The summed E-state index contributed by atoms with van der Waals surface area (Å²) in [5, 5.41) is 0. The first-order valence-electron chi connectivity index (χ1n) is 7.78. The number of nitrogens with zero attached hydrogens (tertiary/aromatic N) is 1. The molecule has 1 unspecified atom stereocenters. The lowest BCUT2D eigenvalue weighted by Gasteiger charge is -2.33. The highest BCUT2D eigenvalue weighted by Crippen LogP contribution is 2.24. The van der Waals surface area contributed by atoms with Crippen LogP contribution in [0.15, 0.2) is 29.2 Å². The fourth-order valence-electron chi connectivity index (χ4n) is 2.68. The van der Waals surface area contributed by atoms with E-state index >= 15 is 0 Å². The van der Waals surface area contributed by atoms with E-state index in [1.54, 1.807) is 11.8 Å². The summed E-state index contributed by atoms with van der Waals surface area (Å²) in [7, 11) is 0. The first-order chi connectivity index (χ1) is 9.69. The summed E-state index contributed by atoms with van der Waals surface area (Å²) >= 11 is 1.78. The van der Waals surface area contributed by atoms with Crippen molar-refractivity contribution in [1.29, 1.82) is 0 Å². The standard InChI is InChI=1S/C17H30N2S/c1-5-14(6-2)13-19(7-3)17(12-18)15-8-10-16(20-4)11-9-15/h8-11,14,17H,5-7,12-13,18H2,1-4H3.